The van der Waals surface area contributed by atoms with Gasteiger partial charge < -0.3 is 14.5 Å². The summed E-state index contributed by atoms with van der Waals surface area (Å²) >= 11 is 6.08. The summed E-state index contributed by atoms with van der Waals surface area (Å²) in [6.07, 6.45) is 0. The topological polar surface area (TPSA) is 16.9 Å². The molecule has 0 aliphatic carbocycles. The fourth-order valence-electron chi connectivity index (χ4n) is 3.00. The van der Waals surface area contributed by atoms with Crippen molar-refractivity contribution >= 4 is 17.3 Å². The van der Waals surface area contributed by atoms with E-state index in [0.717, 1.165) is 43.5 Å². The van der Waals surface area contributed by atoms with E-state index in [0.29, 0.717) is 0 Å². The average Bonchev–Trinajstić information content (AvgIpc) is 2.56. The first kappa shape index (κ1) is 15.2. The zero-order valence-corrected chi connectivity index (χ0v) is 13.6. The smallest absolute Gasteiger partial charge is 0.119 e. The van der Waals surface area contributed by atoms with Gasteiger partial charge in [0, 0.05) is 16.3 Å². The van der Waals surface area contributed by atoms with Crippen LogP contribution in [0.15, 0.2) is 48.5 Å². The SMILES string of the molecule is COc1cccc(C[NH+]2CCN(c3cccc(Cl)c3)CC2)c1. The number of nitrogens with zero attached hydrogens (tertiary/aromatic N) is 1. The van der Waals surface area contributed by atoms with Crippen LogP contribution >= 0.6 is 11.6 Å². The average molecular weight is 318 g/mol. The maximum absolute atomic E-state index is 6.08. The molecular formula is C18H22ClN2O+. The van der Waals surface area contributed by atoms with Crippen LogP contribution in [0, 0.1) is 0 Å². The van der Waals surface area contributed by atoms with Crippen LogP contribution < -0.4 is 14.5 Å². The lowest BCUT2D eigenvalue weighted by Crippen LogP contribution is -3.13. The summed E-state index contributed by atoms with van der Waals surface area (Å²) in [6, 6.07) is 16.5. The van der Waals surface area contributed by atoms with E-state index < -0.39 is 0 Å². The number of quaternary nitrogens is 1. The van der Waals surface area contributed by atoms with E-state index in [9.17, 15) is 0 Å². The summed E-state index contributed by atoms with van der Waals surface area (Å²) < 4.78 is 5.30. The summed E-state index contributed by atoms with van der Waals surface area (Å²) in [6.45, 7) is 5.48. The molecule has 116 valence electrons. The quantitative estimate of drug-likeness (QED) is 0.931. The zero-order valence-electron chi connectivity index (χ0n) is 12.9. The summed E-state index contributed by atoms with van der Waals surface area (Å²) in [5.41, 5.74) is 2.57. The maximum Gasteiger partial charge on any atom is 0.119 e. The number of nitrogens with one attached hydrogen (secondary N) is 1. The molecule has 1 heterocycles. The Morgan fingerprint density at radius 3 is 2.59 bits per heavy atom. The van der Waals surface area contributed by atoms with Gasteiger partial charge in [0.05, 0.1) is 33.3 Å². The highest BCUT2D eigenvalue weighted by atomic mass is 35.5. The normalized spacial score (nSPS) is 15.8. The van der Waals surface area contributed by atoms with Crippen molar-refractivity contribution in [2.75, 3.05) is 38.2 Å². The second-order valence-corrected chi connectivity index (χ2v) is 6.18. The van der Waals surface area contributed by atoms with Crippen LogP contribution in [-0.2, 0) is 6.54 Å². The standard InChI is InChI=1S/C18H21ClN2O/c1-22-18-7-2-4-15(12-18)14-20-8-10-21(11-9-20)17-6-3-5-16(19)13-17/h2-7,12-13H,8-11,14H2,1H3/p+1. The first-order valence-corrected chi connectivity index (χ1v) is 8.09. The van der Waals surface area contributed by atoms with Crippen LogP contribution in [0.1, 0.15) is 5.56 Å². The number of piperazine rings is 1. The third kappa shape index (κ3) is 3.73. The molecule has 1 fully saturated rings. The molecule has 1 N–H and O–H groups in total. The summed E-state index contributed by atoms with van der Waals surface area (Å²) in [7, 11) is 1.72. The second-order valence-electron chi connectivity index (χ2n) is 5.75. The van der Waals surface area contributed by atoms with Crippen LogP contribution in [0.5, 0.6) is 5.75 Å². The molecule has 0 bridgehead atoms. The highest BCUT2D eigenvalue weighted by Gasteiger charge is 2.20. The lowest BCUT2D eigenvalue weighted by Gasteiger charge is -2.33. The Hall–Kier alpha value is -1.71. The Morgan fingerprint density at radius 2 is 1.86 bits per heavy atom. The van der Waals surface area contributed by atoms with E-state index in [1.807, 2.05) is 18.2 Å². The van der Waals surface area contributed by atoms with Gasteiger partial charge >= 0.3 is 0 Å². The van der Waals surface area contributed by atoms with Crippen molar-refractivity contribution in [3.8, 4) is 5.75 Å². The van der Waals surface area contributed by atoms with Gasteiger partial charge in [-0.3, -0.25) is 0 Å². The molecule has 1 aliphatic heterocycles. The van der Waals surface area contributed by atoms with Crippen LogP contribution in [0.4, 0.5) is 5.69 Å². The van der Waals surface area contributed by atoms with Gasteiger partial charge in [0.2, 0.25) is 0 Å². The third-order valence-corrected chi connectivity index (χ3v) is 4.47. The first-order chi connectivity index (χ1) is 10.7. The van der Waals surface area contributed by atoms with E-state index in [-0.39, 0.29) is 0 Å². The van der Waals surface area contributed by atoms with Gasteiger partial charge in [-0.2, -0.15) is 0 Å². The molecule has 0 unspecified atom stereocenters. The van der Waals surface area contributed by atoms with Gasteiger partial charge in [0.1, 0.15) is 12.3 Å². The third-order valence-electron chi connectivity index (χ3n) is 4.23. The summed E-state index contributed by atoms with van der Waals surface area (Å²) in [4.78, 5) is 4.03. The minimum absolute atomic E-state index is 0.809. The van der Waals surface area contributed by atoms with Gasteiger partial charge in [-0.05, 0) is 30.3 Å². The van der Waals surface area contributed by atoms with Crippen molar-refractivity contribution in [3.63, 3.8) is 0 Å². The van der Waals surface area contributed by atoms with Crippen LogP contribution in [-0.4, -0.2) is 33.3 Å². The number of ether oxygens (including phenoxy) is 1. The van der Waals surface area contributed by atoms with E-state index in [2.05, 4.69) is 35.2 Å². The summed E-state index contributed by atoms with van der Waals surface area (Å²) in [5.74, 6) is 0.939. The van der Waals surface area contributed by atoms with E-state index >= 15 is 0 Å². The molecule has 22 heavy (non-hydrogen) atoms. The predicted molar refractivity (Wildman–Crippen MR) is 91.1 cm³/mol. The predicted octanol–water partition coefficient (Wildman–Crippen LogP) is 2.25. The Labute approximate surface area is 137 Å². The fourth-order valence-corrected chi connectivity index (χ4v) is 3.19. The van der Waals surface area contributed by atoms with Crippen molar-refractivity contribution in [1.82, 2.24) is 0 Å². The van der Waals surface area contributed by atoms with Gasteiger partial charge in [0.25, 0.3) is 0 Å². The number of hydrogen-bond acceptors (Lipinski definition) is 2. The Morgan fingerprint density at radius 1 is 1.09 bits per heavy atom. The Bertz CT molecular complexity index is 624. The molecule has 2 aromatic carbocycles. The number of benzene rings is 2. The number of anilines is 1. The largest absolute Gasteiger partial charge is 0.497 e. The molecule has 0 spiro atoms. The zero-order chi connectivity index (χ0) is 15.4. The fraction of sp³-hybridized carbons (Fsp3) is 0.333. The number of halogens is 1. The molecule has 0 atom stereocenters. The molecular weight excluding hydrogens is 296 g/mol. The number of rotatable bonds is 4. The molecule has 0 amide bonds. The van der Waals surface area contributed by atoms with Gasteiger partial charge in [-0.1, -0.05) is 29.8 Å². The van der Waals surface area contributed by atoms with Crippen LogP contribution in [0.3, 0.4) is 0 Å². The molecule has 2 aromatic rings. The van der Waals surface area contributed by atoms with E-state index in [1.165, 1.54) is 11.3 Å². The Balaban J connectivity index is 1.57. The van der Waals surface area contributed by atoms with Gasteiger partial charge in [-0.25, -0.2) is 0 Å². The Kier molecular flexibility index (Phi) is 4.86. The van der Waals surface area contributed by atoms with E-state index in [4.69, 9.17) is 16.3 Å². The highest BCUT2D eigenvalue weighted by molar-refractivity contribution is 6.30. The molecule has 1 aliphatic rings. The van der Waals surface area contributed by atoms with Crippen molar-refractivity contribution in [1.29, 1.82) is 0 Å². The molecule has 3 nitrogen and oxygen atoms in total. The van der Waals surface area contributed by atoms with E-state index in [1.54, 1.807) is 12.0 Å². The lowest BCUT2D eigenvalue weighted by molar-refractivity contribution is -0.914. The minimum Gasteiger partial charge on any atom is -0.497 e. The second kappa shape index (κ2) is 7.03. The number of methoxy groups -OCH3 is 1. The van der Waals surface area contributed by atoms with Gasteiger partial charge in [-0.15, -0.1) is 0 Å². The maximum atomic E-state index is 6.08. The molecule has 0 aromatic heterocycles. The minimum atomic E-state index is 0.809. The van der Waals surface area contributed by atoms with Crippen molar-refractivity contribution < 1.29 is 9.64 Å². The van der Waals surface area contributed by atoms with Crippen LogP contribution in [0.25, 0.3) is 0 Å². The molecule has 0 saturated carbocycles. The molecule has 0 radical (unpaired) electrons. The first-order valence-electron chi connectivity index (χ1n) is 7.71. The van der Waals surface area contributed by atoms with Crippen molar-refractivity contribution in [3.05, 3.63) is 59.1 Å². The molecule has 1 saturated heterocycles. The van der Waals surface area contributed by atoms with Crippen molar-refractivity contribution in [2.24, 2.45) is 0 Å². The summed E-state index contributed by atoms with van der Waals surface area (Å²) in [5, 5.41) is 0.809. The monoisotopic (exact) mass is 317 g/mol. The van der Waals surface area contributed by atoms with Crippen LogP contribution in [0.2, 0.25) is 5.02 Å². The molecule has 4 heteroatoms. The van der Waals surface area contributed by atoms with Gasteiger partial charge in [0.15, 0.2) is 0 Å². The highest BCUT2D eigenvalue weighted by Crippen LogP contribution is 2.19. The molecule has 3 rings (SSSR count). The number of hydrogen-bond donors (Lipinski definition) is 1. The lowest BCUT2D eigenvalue weighted by atomic mass is 10.2. The van der Waals surface area contributed by atoms with Crippen molar-refractivity contribution in [2.45, 2.75) is 6.54 Å².